The summed E-state index contributed by atoms with van der Waals surface area (Å²) in [6.45, 7) is 1.12. The number of hydrogen-bond acceptors (Lipinski definition) is 7. The topological polar surface area (TPSA) is 105 Å². The van der Waals surface area contributed by atoms with Crippen LogP contribution in [0.2, 0.25) is 0 Å². The lowest BCUT2D eigenvalue weighted by molar-refractivity contribution is -0.136. The molecule has 2 aromatic rings. The molecule has 3 heterocycles. The zero-order valence-corrected chi connectivity index (χ0v) is 18.3. The molecule has 0 bridgehead atoms. The fraction of sp³-hybridized carbons (Fsp3) is 0.435. The van der Waals surface area contributed by atoms with Crippen molar-refractivity contribution in [3.63, 3.8) is 0 Å². The van der Waals surface area contributed by atoms with Crippen LogP contribution < -0.4 is 25.6 Å². The maximum atomic E-state index is 13.0. The second-order valence-electron chi connectivity index (χ2n) is 8.04. The zero-order valence-electron chi connectivity index (χ0n) is 18.3. The second kappa shape index (κ2) is 9.97. The first-order valence-electron chi connectivity index (χ1n) is 10.8. The van der Waals surface area contributed by atoms with E-state index in [9.17, 15) is 9.59 Å². The summed E-state index contributed by atoms with van der Waals surface area (Å²) < 4.78 is 10.6. The smallest absolute Gasteiger partial charge is 0.241 e. The van der Waals surface area contributed by atoms with E-state index in [0.717, 1.165) is 5.69 Å². The standard InChI is InChI=1S/C23H29N5O4/c1-31-16-6-7-18(21(13-16)32-2)25-22(29)15-8-11-28(12-9-15)23(30)20-14-19(26-27-20)17-5-3-4-10-24-17/h3-7,10,13,15,19-20,26-27H,8-9,11-12,14H2,1-2H3,(H,25,29). The fourth-order valence-electron chi connectivity index (χ4n) is 4.21. The van der Waals surface area contributed by atoms with E-state index in [0.29, 0.717) is 49.5 Å². The Balaban J connectivity index is 1.28. The first-order chi connectivity index (χ1) is 15.6. The molecule has 0 saturated carbocycles. The van der Waals surface area contributed by atoms with Crippen molar-refractivity contribution in [2.45, 2.75) is 31.3 Å². The average molecular weight is 440 g/mol. The van der Waals surface area contributed by atoms with Gasteiger partial charge in [-0.3, -0.25) is 14.6 Å². The Kier molecular flexibility index (Phi) is 6.87. The van der Waals surface area contributed by atoms with Gasteiger partial charge < -0.3 is 19.7 Å². The summed E-state index contributed by atoms with van der Waals surface area (Å²) in [4.78, 5) is 32.0. The quantitative estimate of drug-likeness (QED) is 0.631. The van der Waals surface area contributed by atoms with Crippen LogP contribution in [0.4, 0.5) is 5.69 Å². The van der Waals surface area contributed by atoms with E-state index in [1.54, 1.807) is 38.6 Å². The predicted molar refractivity (Wildman–Crippen MR) is 119 cm³/mol. The molecule has 2 fully saturated rings. The molecule has 1 aromatic carbocycles. The summed E-state index contributed by atoms with van der Waals surface area (Å²) in [5.41, 5.74) is 7.80. The lowest BCUT2D eigenvalue weighted by Crippen LogP contribution is -2.49. The van der Waals surface area contributed by atoms with Crippen molar-refractivity contribution in [1.82, 2.24) is 20.7 Å². The molecule has 170 valence electrons. The van der Waals surface area contributed by atoms with Crippen LogP contribution in [-0.4, -0.2) is 55.0 Å². The van der Waals surface area contributed by atoms with Crippen molar-refractivity contribution in [3.05, 3.63) is 48.3 Å². The molecule has 2 amide bonds. The molecular formula is C23H29N5O4. The number of aromatic nitrogens is 1. The zero-order chi connectivity index (χ0) is 22.5. The van der Waals surface area contributed by atoms with E-state index < -0.39 is 0 Å². The number of benzene rings is 1. The molecule has 32 heavy (non-hydrogen) atoms. The number of likely N-dealkylation sites (tertiary alicyclic amines) is 1. The normalized spacial score (nSPS) is 21.2. The van der Waals surface area contributed by atoms with E-state index in [4.69, 9.17) is 9.47 Å². The van der Waals surface area contributed by atoms with Crippen LogP contribution >= 0.6 is 0 Å². The Morgan fingerprint density at radius 1 is 1.09 bits per heavy atom. The third-order valence-electron chi connectivity index (χ3n) is 6.09. The molecule has 0 radical (unpaired) electrons. The molecule has 2 saturated heterocycles. The highest BCUT2D eigenvalue weighted by Gasteiger charge is 2.35. The summed E-state index contributed by atoms with van der Waals surface area (Å²) in [5, 5.41) is 2.95. The number of amides is 2. The molecule has 3 N–H and O–H groups in total. The van der Waals surface area contributed by atoms with Crippen LogP contribution in [0.25, 0.3) is 0 Å². The van der Waals surface area contributed by atoms with Crippen molar-refractivity contribution >= 4 is 17.5 Å². The van der Waals surface area contributed by atoms with Crippen molar-refractivity contribution < 1.29 is 19.1 Å². The van der Waals surface area contributed by atoms with Crippen molar-refractivity contribution in [2.75, 3.05) is 32.6 Å². The molecule has 9 heteroatoms. The van der Waals surface area contributed by atoms with E-state index >= 15 is 0 Å². The van der Waals surface area contributed by atoms with Gasteiger partial charge in [0.2, 0.25) is 11.8 Å². The van der Waals surface area contributed by atoms with E-state index in [1.807, 2.05) is 23.1 Å². The number of pyridine rings is 1. The Hall–Kier alpha value is -3.17. The fourth-order valence-corrected chi connectivity index (χ4v) is 4.21. The number of anilines is 1. The van der Waals surface area contributed by atoms with Gasteiger partial charge in [-0.2, -0.15) is 0 Å². The van der Waals surface area contributed by atoms with Crippen molar-refractivity contribution in [1.29, 1.82) is 0 Å². The number of methoxy groups -OCH3 is 2. The van der Waals surface area contributed by atoms with Gasteiger partial charge in [0.15, 0.2) is 0 Å². The Morgan fingerprint density at radius 3 is 2.59 bits per heavy atom. The first kappa shape index (κ1) is 22.0. The molecule has 9 nitrogen and oxygen atoms in total. The van der Waals surface area contributed by atoms with Gasteiger partial charge in [0, 0.05) is 31.3 Å². The largest absolute Gasteiger partial charge is 0.497 e. The maximum absolute atomic E-state index is 13.0. The number of hydrazine groups is 1. The number of carbonyl (C=O) groups is 2. The molecule has 1 aromatic heterocycles. The van der Waals surface area contributed by atoms with Crippen LogP contribution in [0, 0.1) is 5.92 Å². The summed E-state index contributed by atoms with van der Waals surface area (Å²) >= 11 is 0. The average Bonchev–Trinajstić information content (AvgIpc) is 3.35. The van der Waals surface area contributed by atoms with Crippen LogP contribution in [-0.2, 0) is 9.59 Å². The summed E-state index contributed by atoms with van der Waals surface area (Å²) in [7, 11) is 3.14. The minimum Gasteiger partial charge on any atom is -0.497 e. The molecule has 2 aliphatic heterocycles. The van der Waals surface area contributed by atoms with Gasteiger partial charge in [0.1, 0.15) is 17.5 Å². The van der Waals surface area contributed by atoms with Gasteiger partial charge in [-0.25, -0.2) is 10.9 Å². The van der Waals surface area contributed by atoms with Gasteiger partial charge in [0.25, 0.3) is 0 Å². The second-order valence-corrected chi connectivity index (χ2v) is 8.04. The van der Waals surface area contributed by atoms with Crippen LogP contribution in [0.15, 0.2) is 42.6 Å². The lowest BCUT2D eigenvalue weighted by atomic mass is 9.95. The molecular weight excluding hydrogens is 410 g/mol. The van der Waals surface area contributed by atoms with Crippen molar-refractivity contribution in [2.24, 2.45) is 5.92 Å². The van der Waals surface area contributed by atoms with Gasteiger partial charge in [-0.1, -0.05) is 6.07 Å². The van der Waals surface area contributed by atoms with Gasteiger partial charge in [-0.15, -0.1) is 0 Å². The summed E-state index contributed by atoms with van der Waals surface area (Å²) in [6.07, 6.45) is 3.65. The number of nitrogens with one attached hydrogen (secondary N) is 3. The summed E-state index contributed by atoms with van der Waals surface area (Å²) in [6, 6.07) is 10.8. The van der Waals surface area contributed by atoms with Crippen LogP contribution in [0.1, 0.15) is 31.0 Å². The van der Waals surface area contributed by atoms with Gasteiger partial charge in [0.05, 0.1) is 31.6 Å². The highest BCUT2D eigenvalue weighted by Crippen LogP contribution is 2.30. The van der Waals surface area contributed by atoms with Crippen LogP contribution in [0.5, 0.6) is 11.5 Å². The Bertz CT molecular complexity index is 947. The van der Waals surface area contributed by atoms with Gasteiger partial charge >= 0.3 is 0 Å². The van der Waals surface area contributed by atoms with Crippen LogP contribution in [0.3, 0.4) is 0 Å². The Morgan fingerprint density at radius 2 is 1.91 bits per heavy atom. The number of carbonyl (C=O) groups excluding carboxylic acids is 2. The number of piperidine rings is 1. The predicted octanol–water partition coefficient (Wildman–Crippen LogP) is 1.88. The summed E-state index contributed by atoms with van der Waals surface area (Å²) in [5.74, 6) is 1.06. The molecule has 2 aliphatic rings. The third kappa shape index (κ3) is 4.84. The lowest BCUT2D eigenvalue weighted by Gasteiger charge is -2.33. The van der Waals surface area contributed by atoms with E-state index in [2.05, 4.69) is 21.2 Å². The number of rotatable bonds is 6. The molecule has 0 aliphatic carbocycles. The minimum absolute atomic E-state index is 0.00736. The monoisotopic (exact) mass is 439 g/mol. The van der Waals surface area contributed by atoms with Crippen molar-refractivity contribution in [3.8, 4) is 11.5 Å². The molecule has 2 unspecified atom stereocenters. The molecule has 2 atom stereocenters. The highest BCUT2D eigenvalue weighted by atomic mass is 16.5. The minimum atomic E-state index is -0.295. The van der Waals surface area contributed by atoms with E-state index in [-0.39, 0.29) is 29.8 Å². The maximum Gasteiger partial charge on any atom is 0.241 e. The number of nitrogens with zero attached hydrogens (tertiary/aromatic N) is 2. The van der Waals surface area contributed by atoms with Gasteiger partial charge in [-0.05, 0) is 43.5 Å². The van der Waals surface area contributed by atoms with E-state index in [1.165, 1.54) is 0 Å². The third-order valence-corrected chi connectivity index (χ3v) is 6.09. The number of ether oxygens (including phenoxy) is 2. The Labute approximate surface area is 187 Å². The number of hydrogen-bond donors (Lipinski definition) is 3. The molecule has 0 spiro atoms. The SMILES string of the molecule is COc1ccc(NC(=O)C2CCN(C(=O)C3CC(c4ccccn4)NN3)CC2)c(OC)c1. The highest BCUT2D eigenvalue weighted by molar-refractivity contribution is 5.94. The first-order valence-corrected chi connectivity index (χ1v) is 10.8. The molecule has 4 rings (SSSR count).